The number of rotatable bonds is 4. The second kappa shape index (κ2) is 6.41. The zero-order valence-electron chi connectivity index (χ0n) is 10.6. The molecule has 21 heavy (non-hydrogen) atoms. The standard InChI is InChI=1S/C14H11ClF2N2O2/c15-9-5-3-6-10(18)12(9)19-13(20)8-4-1-2-7-11(8)21-14(16)17/h1-7,14H,18H2,(H,19,20). The first kappa shape index (κ1) is 15.1. The Kier molecular flexibility index (Phi) is 4.59. The van der Waals surface area contributed by atoms with E-state index in [2.05, 4.69) is 10.1 Å². The highest BCUT2D eigenvalue weighted by atomic mass is 35.5. The van der Waals surface area contributed by atoms with E-state index in [0.717, 1.165) is 0 Å². The molecule has 7 heteroatoms. The van der Waals surface area contributed by atoms with E-state index in [9.17, 15) is 13.6 Å². The number of benzene rings is 2. The van der Waals surface area contributed by atoms with Crippen molar-refractivity contribution in [2.24, 2.45) is 0 Å². The maximum Gasteiger partial charge on any atom is 0.387 e. The lowest BCUT2D eigenvalue weighted by Crippen LogP contribution is -2.16. The Bertz CT molecular complexity index is 645. The van der Waals surface area contributed by atoms with E-state index < -0.39 is 12.5 Å². The van der Waals surface area contributed by atoms with Gasteiger partial charge in [-0.15, -0.1) is 0 Å². The summed E-state index contributed by atoms with van der Waals surface area (Å²) < 4.78 is 29.0. The molecular weight excluding hydrogens is 302 g/mol. The van der Waals surface area contributed by atoms with Gasteiger partial charge in [-0.3, -0.25) is 4.79 Å². The van der Waals surface area contributed by atoms with Gasteiger partial charge in [0.25, 0.3) is 5.91 Å². The Balaban J connectivity index is 2.29. The van der Waals surface area contributed by atoms with Crippen LogP contribution >= 0.6 is 11.6 Å². The van der Waals surface area contributed by atoms with Crippen molar-refractivity contribution in [1.29, 1.82) is 0 Å². The number of carbonyl (C=O) groups is 1. The molecule has 0 fully saturated rings. The minimum Gasteiger partial charge on any atom is -0.434 e. The average Bonchev–Trinajstić information content (AvgIpc) is 2.43. The van der Waals surface area contributed by atoms with Gasteiger partial charge in [-0.1, -0.05) is 29.8 Å². The van der Waals surface area contributed by atoms with Crippen molar-refractivity contribution in [3.05, 3.63) is 53.1 Å². The molecule has 0 saturated carbocycles. The number of amides is 1. The fourth-order valence-corrected chi connectivity index (χ4v) is 1.94. The molecule has 1 amide bonds. The first-order chi connectivity index (χ1) is 9.99. The van der Waals surface area contributed by atoms with Gasteiger partial charge in [0.15, 0.2) is 0 Å². The third-order valence-corrected chi connectivity index (χ3v) is 2.95. The van der Waals surface area contributed by atoms with Crippen molar-refractivity contribution >= 4 is 28.9 Å². The lowest BCUT2D eigenvalue weighted by molar-refractivity contribution is -0.0501. The number of nitrogens with one attached hydrogen (secondary N) is 1. The summed E-state index contributed by atoms with van der Waals surface area (Å²) in [6, 6.07) is 10.4. The molecule has 0 bridgehead atoms. The van der Waals surface area contributed by atoms with E-state index in [1.165, 1.54) is 24.3 Å². The zero-order chi connectivity index (χ0) is 15.4. The molecule has 0 unspecified atom stereocenters. The van der Waals surface area contributed by atoms with Crippen molar-refractivity contribution in [3.8, 4) is 5.75 Å². The molecule has 2 rings (SSSR count). The number of ether oxygens (including phenoxy) is 1. The quantitative estimate of drug-likeness (QED) is 0.845. The summed E-state index contributed by atoms with van der Waals surface area (Å²) in [5, 5.41) is 2.73. The number of hydrogen-bond donors (Lipinski definition) is 2. The number of nitrogen functional groups attached to an aromatic ring is 1. The van der Waals surface area contributed by atoms with E-state index in [1.807, 2.05) is 0 Å². The zero-order valence-corrected chi connectivity index (χ0v) is 11.4. The fourth-order valence-electron chi connectivity index (χ4n) is 1.71. The summed E-state index contributed by atoms with van der Waals surface area (Å²) in [6.45, 7) is -3.02. The third kappa shape index (κ3) is 3.61. The maximum absolute atomic E-state index is 12.3. The molecule has 2 aromatic rings. The molecule has 0 spiro atoms. The summed E-state index contributed by atoms with van der Waals surface area (Å²) in [5.74, 6) is -0.873. The van der Waals surface area contributed by atoms with E-state index in [4.69, 9.17) is 17.3 Å². The molecule has 110 valence electrons. The van der Waals surface area contributed by atoms with Crippen molar-refractivity contribution in [1.82, 2.24) is 0 Å². The molecule has 0 aromatic heterocycles. The average molecular weight is 313 g/mol. The molecule has 0 saturated heterocycles. The predicted octanol–water partition coefficient (Wildman–Crippen LogP) is 3.78. The smallest absolute Gasteiger partial charge is 0.387 e. The summed E-state index contributed by atoms with van der Waals surface area (Å²) in [6.07, 6.45) is 0. The van der Waals surface area contributed by atoms with Crippen molar-refractivity contribution in [2.75, 3.05) is 11.1 Å². The number of para-hydroxylation sites is 2. The fraction of sp³-hybridized carbons (Fsp3) is 0.0714. The topological polar surface area (TPSA) is 64.3 Å². The highest BCUT2D eigenvalue weighted by molar-refractivity contribution is 6.34. The van der Waals surface area contributed by atoms with E-state index >= 15 is 0 Å². The Morgan fingerprint density at radius 1 is 1.19 bits per heavy atom. The van der Waals surface area contributed by atoms with Crippen LogP contribution in [-0.4, -0.2) is 12.5 Å². The highest BCUT2D eigenvalue weighted by Crippen LogP contribution is 2.29. The number of carbonyl (C=O) groups excluding carboxylic acids is 1. The van der Waals surface area contributed by atoms with Crippen LogP contribution in [0.15, 0.2) is 42.5 Å². The Morgan fingerprint density at radius 2 is 1.90 bits per heavy atom. The van der Waals surface area contributed by atoms with Gasteiger partial charge in [0.05, 0.1) is 22.0 Å². The molecule has 0 atom stereocenters. The molecule has 0 aliphatic heterocycles. The van der Waals surface area contributed by atoms with Crippen molar-refractivity contribution in [2.45, 2.75) is 6.61 Å². The number of alkyl halides is 2. The number of hydrogen-bond acceptors (Lipinski definition) is 3. The second-order valence-electron chi connectivity index (χ2n) is 4.03. The summed E-state index contributed by atoms with van der Waals surface area (Å²) in [7, 11) is 0. The van der Waals surface area contributed by atoms with Crippen molar-refractivity contribution < 1.29 is 18.3 Å². The molecule has 0 heterocycles. The predicted molar refractivity (Wildman–Crippen MR) is 76.9 cm³/mol. The molecule has 4 nitrogen and oxygen atoms in total. The summed E-state index contributed by atoms with van der Waals surface area (Å²) >= 11 is 5.94. The summed E-state index contributed by atoms with van der Waals surface area (Å²) in [4.78, 5) is 12.2. The van der Waals surface area contributed by atoms with Crippen LogP contribution in [0.5, 0.6) is 5.75 Å². The summed E-state index contributed by atoms with van der Waals surface area (Å²) in [5.41, 5.74) is 6.16. The van der Waals surface area contributed by atoms with Crippen LogP contribution in [0.3, 0.4) is 0 Å². The second-order valence-corrected chi connectivity index (χ2v) is 4.44. The van der Waals surface area contributed by atoms with Crippen LogP contribution in [0.25, 0.3) is 0 Å². The molecule has 0 radical (unpaired) electrons. The first-order valence-electron chi connectivity index (χ1n) is 5.88. The normalized spacial score (nSPS) is 10.5. The minimum atomic E-state index is -3.02. The molecule has 3 N–H and O–H groups in total. The number of nitrogens with two attached hydrogens (primary N) is 1. The number of anilines is 2. The van der Waals surface area contributed by atoms with Crippen LogP contribution in [0.2, 0.25) is 5.02 Å². The van der Waals surface area contributed by atoms with Gasteiger partial charge in [-0.25, -0.2) is 0 Å². The molecule has 0 aliphatic rings. The SMILES string of the molecule is Nc1cccc(Cl)c1NC(=O)c1ccccc1OC(F)F. The van der Waals surface area contributed by atoms with Crippen LogP contribution in [-0.2, 0) is 0 Å². The lowest BCUT2D eigenvalue weighted by Gasteiger charge is -2.13. The first-order valence-corrected chi connectivity index (χ1v) is 6.26. The van der Waals surface area contributed by atoms with Gasteiger partial charge in [0, 0.05) is 0 Å². The molecule has 2 aromatic carbocycles. The van der Waals surface area contributed by atoms with Gasteiger partial charge in [-0.05, 0) is 24.3 Å². The van der Waals surface area contributed by atoms with Gasteiger partial charge >= 0.3 is 6.61 Å². The van der Waals surface area contributed by atoms with Crippen LogP contribution < -0.4 is 15.8 Å². The third-order valence-electron chi connectivity index (χ3n) is 2.63. The van der Waals surface area contributed by atoms with Crippen LogP contribution in [0, 0.1) is 0 Å². The number of halogens is 3. The molecular formula is C14H11ClF2N2O2. The largest absolute Gasteiger partial charge is 0.434 e. The lowest BCUT2D eigenvalue weighted by atomic mass is 10.1. The monoisotopic (exact) mass is 312 g/mol. The van der Waals surface area contributed by atoms with E-state index in [1.54, 1.807) is 18.2 Å². The van der Waals surface area contributed by atoms with Crippen LogP contribution in [0.4, 0.5) is 20.2 Å². The van der Waals surface area contributed by atoms with E-state index in [-0.39, 0.29) is 27.7 Å². The Labute approximate surface area is 124 Å². The van der Waals surface area contributed by atoms with E-state index in [0.29, 0.717) is 0 Å². The van der Waals surface area contributed by atoms with Gasteiger partial charge in [0.2, 0.25) is 0 Å². The van der Waals surface area contributed by atoms with Gasteiger partial charge in [-0.2, -0.15) is 8.78 Å². The van der Waals surface area contributed by atoms with Crippen molar-refractivity contribution in [3.63, 3.8) is 0 Å². The Morgan fingerprint density at radius 3 is 2.57 bits per heavy atom. The Hall–Kier alpha value is -2.34. The highest BCUT2D eigenvalue weighted by Gasteiger charge is 2.17. The van der Waals surface area contributed by atoms with Gasteiger partial charge in [0.1, 0.15) is 5.75 Å². The maximum atomic E-state index is 12.3. The van der Waals surface area contributed by atoms with Crippen LogP contribution in [0.1, 0.15) is 10.4 Å². The minimum absolute atomic E-state index is 0.0443. The van der Waals surface area contributed by atoms with Gasteiger partial charge < -0.3 is 15.8 Å². The molecule has 0 aliphatic carbocycles.